The Balaban J connectivity index is 3.06. The summed E-state index contributed by atoms with van der Waals surface area (Å²) in [7, 11) is 1.58. The number of hydrogen-bond acceptors (Lipinski definition) is 1. The summed E-state index contributed by atoms with van der Waals surface area (Å²) in [5, 5.41) is 0.633. The third kappa shape index (κ3) is 2.84. The predicted octanol–water partition coefficient (Wildman–Crippen LogP) is 2.94. The molecule has 0 saturated carbocycles. The number of halogens is 2. The van der Waals surface area contributed by atoms with Gasteiger partial charge in [0.1, 0.15) is 5.75 Å². The molecule has 0 atom stereocenters. The van der Waals surface area contributed by atoms with E-state index in [0.717, 1.165) is 5.56 Å². The lowest BCUT2D eigenvalue weighted by atomic mass is 10.2. The second-order valence-corrected chi connectivity index (χ2v) is 2.98. The fraction of sp³-hybridized carbons (Fsp3) is 0.200. The van der Waals surface area contributed by atoms with Gasteiger partial charge in [-0.05, 0) is 12.1 Å². The van der Waals surface area contributed by atoms with Gasteiger partial charge >= 0.3 is 0 Å². The third-order valence-electron chi connectivity index (χ3n) is 1.45. The zero-order chi connectivity index (χ0) is 9.68. The van der Waals surface area contributed by atoms with Crippen LogP contribution in [0.3, 0.4) is 0 Å². The molecule has 0 heterocycles. The Labute approximate surface area is 87.6 Å². The Morgan fingerprint density at radius 1 is 1.46 bits per heavy atom. The topological polar surface area (TPSA) is 9.23 Å². The van der Waals surface area contributed by atoms with Gasteiger partial charge in [0.15, 0.2) is 0 Å². The molecule has 0 unspecified atom stereocenters. The average Bonchev–Trinajstić information content (AvgIpc) is 2.16. The fourth-order valence-corrected chi connectivity index (χ4v) is 1.13. The van der Waals surface area contributed by atoms with Crippen molar-refractivity contribution in [3.05, 3.63) is 28.8 Å². The van der Waals surface area contributed by atoms with Crippen molar-refractivity contribution >= 4 is 23.2 Å². The molecule has 0 aromatic heterocycles. The molecule has 0 spiro atoms. The zero-order valence-electron chi connectivity index (χ0n) is 7.10. The molecule has 13 heavy (non-hydrogen) atoms. The minimum atomic E-state index is 0.311. The summed E-state index contributed by atoms with van der Waals surface area (Å²) in [4.78, 5) is 0. The maximum Gasteiger partial charge on any atom is 0.135 e. The summed E-state index contributed by atoms with van der Waals surface area (Å²) in [6, 6.07) is 5.29. The molecular weight excluding hydrogens is 207 g/mol. The van der Waals surface area contributed by atoms with E-state index in [1.54, 1.807) is 25.3 Å². The second kappa shape index (κ2) is 5.01. The van der Waals surface area contributed by atoms with Crippen molar-refractivity contribution in [1.82, 2.24) is 0 Å². The number of ether oxygens (including phenoxy) is 1. The van der Waals surface area contributed by atoms with Gasteiger partial charge in [0, 0.05) is 11.1 Å². The molecule has 1 rings (SSSR count). The van der Waals surface area contributed by atoms with Crippen LogP contribution in [-0.2, 0) is 0 Å². The average molecular weight is 215 g/mol. The van der Waals surface area contributed by atoms with E-state index in [1.165, 1.54) is 0 Å². The maximum absolute atomic E-state index is 5.78. The molecule has 0 aliphatic rings. The van der Waals surface area contributed by atoms with Crippen LogP contribution in [0, 0.1) is 11.8 Å². The van der Waals surface area contributed by atoms with E-state index in [1.807, 2.05) is 0 Å². The normalized spacial score (nSPS) is 8.85. The van der Waals surface area contributed by atoms with E-state index >= 15 is 0 Å². The van der Waals surface area contributed by atoms with Crippen LogP contribution in [0.4, 0.5) is 0 Å². The molecule has 0 fully saturated rings. The van der Waals surface area contributed by atoms with Crippen LogP contribution in [-0.4, -0.2) is 13.0 Å². The molecule has 0 radical (unpaired) electrons. The molecule has 0 N–H and O–H groups in total. The lowest BCUT2D eigenvalue weighted by molar-refractivity contribution is 0.413. The molecule has 1 aromatic rings. The first-order valence-electron chi connectivity index (χ1n) is 3.66. The monoisotopic (exact) mass is 214 g/mol. The van der Waals surface area contributed by atoms with Crippen LogP contribution >= 0.6 is 23.2 Å². The molecule has 3 heteroatoms. The van der Waals surface area contributed by atoms with Gasteiger partial charge in [-0.25, -0.2) is 0 Å². The summed E-state index contributed by atoms with van der Waals surface area (Å²) >= 11 is 11.2. The summed E-state index contributed by atoms with van der Waals surface area (Å²) in [6.45, 7) is 0. The first-order chi connectivity index (χ1) is 6.27. The standard InChI is InChI=1S/C10H8Cl2O/c1-13-10-7-9(12)5-4-8(10)3-2-6-11/h4-5,7H,6H2,1H3. The van der Waals surface area contributed by atoms with Gasteiger partial charge in [-0.2, -0.15) is 0 Å². The first kappa shape index (κ1) is 10.2. The van der Waals surface area contributed by atoms with E-state index in [2.05, 4.69) is 11.8 Å². The fourth-order valence-electron chi connectivity index (χ4n) is 0.897. The number of methoxy groups -OCH3 is 1. The van der Waals surface area contributed by atoms with Crippen molar-refractivity contribution in [2.45, 2.75) is 0 Å². The van der Waals surface area contributed by atoms with Crippen molar-refractivity contribution < 1.29 is 4.74 Å². The molecule has 0 saturated heterocycles. The Morgan fingerprint density at radius 2 is 2.23 bits per heavy atom. The second-order valence-electron chi connectivity index (χ2n) is 2.28. The van der Waals surface area contributed by atoms with Gasteiger partial charge in [-0.1, -0.05) is 23.4 Å². The lowest BCUT2D eigenvalue weighted by Gasteiger charge is -2.02. The molecule has 0 aliphatic heterocycles. The van der Waals surface area contributed by atoms with Crippen LogP contribution < -0.4 is 4.74 Å². The van der Waals surface area contributed by atoms with Crippen LogP contribution in [0.2, 0.25) is 5.02 Å². The minimum Gasteiger partial charge on any atom is -0.495 e. The highest BCUT2D eigenvalue weighted by Gasteiger charge is 1.99. The Morgan fingerprint density at radius 3 is 2.85 bits per heavy atom. The van der Waals surface area contributed by atoms with Gasteiger partial charge in [0.25, 0.3) is 0 Å². The Hall–Kier alpha value is -0.840. The van der Waals surface area contributed by atoms with E-state index in [-0.39, 0.29) is 0 Å². The predicted molar refractivity (Wildman–Crippen MR) is 55.6 cm³/mol. The zero-order valence-corrected chi connectivity index (χ0v) is 8.62. The van der Waals surface area contributed by atoms with Gasteiger partial charge < -0.3 is 4.74 Å². The highest BCUT2D eigenvalue weighted by atomic mass is 35.5. The van der Waals surface area contributed by atoms with Crippen LogP contribution in [0.5, 0.6) is 5.75 Å². The molecule has 1 aromatic carbocycles. The van der Waals surface area contributed by atoms with Gasteiger partial charge in [-0.15, -0.1) is 11.6 Å². The molecular formula is C10H8Cl2O. The van der Waals surface area contributed by atoms with Gasteiger partial charge in [0.2, 0.25) is 0 Å². The van der Waals surface area contributed by atoms with Gasteiger partial charge in [-0.3, -0.25) is 0 Å². The summed E-state index contributed by atoms with van der Waals surface area (Å²) < 4.78 is 5.09. The highest BCUT2D eigenvalue weighted by molar-refractivity contribution is 6.30. The van der Waals surface area contributed by atoms with E-state index in [0.29, 0.717) is 16.7 Å². The smallest absolute Gasteiger partial charge is 0.135 e. The largest absolute Gasteiger partial charge is 0.495 e. The van der Waals surface area contributed by atoms with Crippen molar-refractivity contribution in [3.8, 4) is 17.6 Å². The Kier molecular flexibility index (Phi) is 3.95. The number of rotatable bonds is 1. The molecule has 0 aliphatic carbocycles. The third-order valence-corrected chi connectivity index (χ3v) is 1.82. The summed E-state index contributed by atoms with van der Waals surface area (Å²) in [5.41, 5.74) is 0.799. The van der Waals surface area contributed by atoms with E-state index in [4.69, 9.17) is 27.9 Å². The highest BCUT2D eigenvalue weighted by Crippen LogP contribution is 2.21. The Bertz CT molecular complexity index is 350. The van der Waals surface area contributed by atoms with Gasteiger partial charge in [0.05, 0.1) is 18.6 Å². The van der Waals surface area contributed by atoms with Crippen molar-refractivity contribution in [2.24, 2.45) is 0 Å². The summed E-state index contributed by atoms with van der Waals surface area (Å²) in [5.74, 6) is 6.61. The number of alkyl halides is 1. The quantitative estimate of drug-likeness (QED) is 0.517. The van der Waals surface area contributed by atoms with Crippen LogP contribution in [0.1, 0.15) is 5.56 Å². The minimum absolute atomic E-state index is 0.311. The number of hydrogen-bond donors (Lipinski definition) is 0. The maximum atomic E-state index is 5.78. The molecule has 1 nitrogen and oxygen atoms in total. The van der Waals surface area contributed by atoms with E-state index < -0.39 is 0 Å². The van der Waals surface area contributed by atoms with E-state index in [9.17, 15) is 0 Å². The number of benzene rings is 1. The summed E-state index contributed by atoms with van der Waals surface area (Å²) in [6.07, 6.45) is 0. The van der Waals surface area contributed by atoms with Crippen molar-refractivity contribution in [1.29, 1.82) is 0 Å². The van der Waals surface area contributed by atoms with Crippen molar-refractivity contribution in [2.75, 3.05) is 13.0 Å². The van der Waals surface area contributed by atoms with Crippen LogP contribution in [0.25, 0.3) is 0 Å². The molecule has 68 valence electrons. The first-order valence-corrected chi connectivity index (χ1v) is 4.57. The van der Waals surface area contributed by atoms with Crippen molar-refractivity contribution in [3.63, 3.8) is 0 Å². The SMILES string of the molecule is COc1cc(Cl)ccc1C#CCCl. The molecule has 0 bridgehead atoms. The molecule has 0 amide bonds. The lowest BCUT2D eigenvalue weighted by Crippen LogP contribution is -1.87. The van der Waals surface area contributed by atoms with Crippen LogP contribution in [0.15, 0.2) is 18.2 Å².